The third-order valence-electron chi connectivity index (χ3n) is 4.98. The van der Waals surface area contributed by atoms with E-state index in [-0.39, 0.29) is 18.5 Å². The van der Waals surface area contributed by atoms with Crippen LogP contribution in [0.1, 0.15) is 16.5 Å². The van der Waals surface area contributed by atoms with Crippen LogP contribution in [-0.2, 0) is 0 Å². The molecule has 3 aromatic rings. The number of hydrogen-bond acceptors (Lipinski definition) is 8. The number of benzene rings is 1. The zero-order chi connectivity index (χ0) is 18.8. The Hall–Kier alpha value is -2.20. The normalized spacial score (nSPS) is 17.4. The van der Waals surface area contributed by atoms with Crippen molar-refractivity contribution in [3.05, 3.63) is 41.0 Å². The monoisotopic (exact) mass is 389 g/mol. The Morgan fingerprint density at radius 2 is 2.07 bits per heavy atom. The highest BCUT2D eigenvalue weighted by Gasteiger charge is 2.31. The van der Waals surface area contributed by atoms with E-state index in [1.54, 1.807) is 7.11 Å². The summed E-state index contributed by atoms with van der Waals surface area (Å²) in [7, 11) is 1.66. The standard InChI is InChI=1S/C18H23N5O3S/c1-26-14-4-2-3-13(11-14)15(22-7-5-21(6-8-22)9-10-24)16-17(25)23-18(27-16)19-12-20-23/h2-4,11-12,15,24-25H,5-10H2,1H3. The van der Waals surface area contributed by atoms with Gasteiger partial charge in [-0.1, -0.05) is 23.5 Å². The number of hydrogen-bond donors (Lipinski definition) is 2. The summed E-state index contributed by atoms with van der Waals surface area (Å²) in [5.74, 6) is 0.925. The van der Waals surface area contributed by atoms with Gasteiger partial charge in [0.15, 0.2) is 0 Å². The molecule has 9 heteroatoms. The molecule has 0 amide bonds. The van der Waals surface area contributed by atoms with Crippen molar-refractivity contribution in [3.63, 3.8) is 0 Å². The quantitative estimate of drug-likeness (QED) is 0.655. The molecule has 3 heterocycles. The van der Waals surface area contributed by atoms with Gasteiger partial charge < -0.3 is 14.9 Å². The summed E-state index contributed by atoms with van der Waals surface area (Å²) in [5.41, 5.74) is 1.06. The molecule has 1 atom stereocenters. The smallest absolute Gasteiger partial charge is 0.230 e. The van der Waals surface area contributed by atoms with Crippen LogP contribution in [0, 0.1) is 0 Å². The Morgan fingerprint density at radius 1 is 1.26 bits per heavy atom. The minimum atomic E-state index is -0.107. The number of thiazole rings is 1. The number of aliphatic hydroxyl groups is 1. The van der Waals surface area contributed by atoms with Gasteiger partial charge in [0.2, 0.25) is 10.8 Å². The number of ether oxygens (including phenoxy) is 1. The number of rotatable bonds is 6. The average molecular weight is 389 g/mol. The molecule has 27 heavy (non-hydrogen) atoms. The lowest BCUT2D eigenvalue weighted by Crippen LogP contribution is -2.48. The van der Waals surface area contributed by atoms with Crippen LogP contribution in [0.4, 0.5) is 0 Å². The SMILES string of the molecule is COc1cccc(C(c2sc3ncnn3c2O)N2CCN(CCO)CC2)c1. The number of nitrogens with zero attached hydrogens (tertiary/aromatic N) is 5. The van der Waals surface area contributed by atoms with Gasteiger partial charge in [0.25, 0.3) is 0 Å². The summed E-state index contributed by atoms with van der Waals surface area (Å²) in [6.07, 6.45) is 1.45. The Labute approximate surface area is 161 Å². The van der Waals surface area contributed by atoms with E-state index in [1.807, 2.05) is 18.2 Å². The molecule has 8 nitrogen and oxygen atoms in total. The number of aliphatic hydroxyl groups excluding tert-OH is 1. The molecule has 0 spiro atoms. The van der Waals surface area contributed by atoms with E-state index < -0.39 is 0 Å². The number of aromatic hydroxyl groups is 1. The van der Waals surface area contributed by atoms with Crippen LogP contribution < -0.4 is 4.74 Å². The van der Waals surface area contributed by atoms with E-state index >= 15 is 0 Å². The van der Waals surface area contributed by atoms with E-state index in [4.69, 9.17) is 4.74 Å². The second kappa shape index (κ2) is 7.81. The molecule has 0 aliphatic carbocycles. The van der Waals surface area contributed by atoms with Crippen LogP contribution >= 0.6 is 11.3 Å². The van der Waals surface area contributed by atoms with Crippen molar-refractivity contribution in [2.24, 2.45) is 0 Å². The molecule has 144 valence electrons. The Bertz CT molecular complexity index is 903. The molecule has 1 saturated heterocycles. The minimum Gasteiger partial charge on any atom is -0.497 e. The van der Waals surface area contributed by atoms with E-state index in [0.717, 1.165) is 42.4 Å². The Kier molecular flexibility index (Phi) is 5.26. The molecule has 2 N–H and O–H groups in total. The molecule has 1 aliphatic rings. The summed E-state index contributed by atoms with van der Waals surface area (Å²) in [6.45, 7) is 4.31. The number of fused-ring (bicyclic) bond motifs is 1. The van der Waals surface area contributed by atoms with Gasteiger partial charge >= 0.3 is 0 Å². The van der Waals surface area contributed by atoms with Gasteiger partial charge in [-0.2, -0.15) is 9.61 Å². The summed E-state index contributed by atoms with van der Waals surface area (Å²) in [5, 5.41) is 24.1. The number of methoxy groups -OCH3 is 1. The predicted octanol–water partition coefficient (Wildman–Crippen LogP) is 1.20. The van der Waals surface area contributed by atoms with Crippen LogP contribution in [0.5, 0.6) is 11.6 Å². The molecule has 1 unspecified atom stereocenters. The van der Waals surface area contributed by atoms with E-state index in [0.29, 0.717) is 11.5 Å². The Morgan fingerprint density at radius 3 is 2.78 bits per heavy atom. The van der Waals surface area contributed by atoms with Crippen molar-refractivity contribution in [2.75, 3.05) is 46.4 Å². The molecular formula is C18H23N5O3S. The topological polar surface area (TPSA) is 86.4 Å². The lowest BCUT2D eigenvalue weighted by Gasteiger charge is -2.39. The summed E-state index contributed by atoms with van der Waals surface area (Å²) in [4.78, 5) is 10.3. The van der Waals surface area contributed by atoms with Gasteiger partial charge in [-0.25, -0.2) is 4.98 Å². The number of β-amino-alcohol motifs (C(OH)–C–C–N with tert-alkyl or cyclic N) is 1. The fourth-order valence-corrected chi connectivity index (χ4v) is 4.69. The largest absolute Gasteiger partial charge is 0.497 e. The predicted molar refractivity (Wildman–Crippen MR) is 102 cm³/mol. The maximum absolute atomic E-state index is 10.8. The zero-order valence-corrected chi connectivity index (χ0v) is 16.0. The lowest BCUT2D eigenvalue weighted by molar-refractivity contribution is 0.0945. The van der Waals surface area contributed by atoms with Crippen LogP contribution in [-0.4, -0.2) is 81.1 Å². The average Bonchev–Trinajstić information content (AvgIpc) is 3.27. The van der Waals surface area contributed by atoms with Crippen molar-refractivity contribution in [1.82, 2.24) is 24.4 Å². The van der Waals surface area contributed by atoms with Gasteiger partial charge in [0, 0.05) is 32.7 Å². The van der Waals surface area contributed by atoms with E-state index in [9.17, 15) is 10.2 Å². The minimum absolute atomic E-state index is 0.107. The molecule has 1 aliphatic heterocycles. The van der Waals surface area contributed by atoms with Gasteiger partial charge in [-0.15, -0.1) is 0 Å². The molecule has 2 aromatic heterocycles. The fraction of sp³-hybridized carbons (Fsp3) is 0.444. The first-order valence-electron chi connectivity index (χ1n) is 8.94. The third kappa shape index (κ3) is 3.51. The van der Waals surface area contributed by atoms with Gasteiger partial charge in [0.1, 0.15) is 12.1 Å². The third-order valence-corrected chi connectivity index (χ3v) is 6.07. The molecule has 0 saturated carbocycles. The van der Waals surface area contributed by atoms with Crippen molar-refractivity contribution in [3.8, 4) is 11.6 Å². The molecule has 4 rings (SSSR count). The van der Waals surface area contributed by atoms with Gasteiger partial charge in [0.05, 0.1) is 24.6 Å². The molecule has 1 aromatic carbocycles. The maximum atomic E-state index is 10.8. The van der Waals surface area contributed by atoms with Crippen molar-refractivity contribution >= 4 is 16.3 Å². The van der Waals surface area contributed by atoms with Crippen LogP contribution in [0.3, 0.4) is 0 Å². The number of piperazine rings is 1. The molecular weight excluding hydrogens is 366 g/mol. The first-order valence-corrected chi connectivity index (χ1v) is 9.75. The summed E-state index contributed by atoms with van der Waals surface area (Å²) < 4.78 is 6.89. The summed E-state index contributed by atoms with van der Waals surface area (Å²) in [6, 6.07) is 7.85. The van der Waals surface area contributed by atoms with Gasteiger partial charge in [-0.3, -0.25) is 9.80 Å². The molecule has 0 bridgehead atoms. The van der Waals surface area contributed by atoms with Crippen LogP contribution in [0.15, 0.2) is 30.6 Å². The highest BCUT2D eigenvalue weighted by molar-refractivity contribution is 7.17. The zero-order valence-electron chi connectivity index (χ0n) is 15.2. The second-order valence-electron chi connectivity index (χ2n) is 6.52. The number of aromatic nitrogens is 3. The first kappa shape index (κ1) is 18.2. The molecule has 1 fully saturated rings. The fourth-order valence-electron chi connectivity index (χ4n) is 3.60. The highest BCUT2D eigenvalue weighted by atomic mass is 32.1. The Balaban J connectivity index is 1.71. The second-order valence-corrected chi connectivity index (χ2v) is 7.53. The van der Waals surface area contributed by atoms with E-state index in [2.05, 4.69) is 25.9 Å². The van der Waals surface area contributed by atoms with Crippen molar-refractivity contribution in [2.45, 2.75) is 6.04 Å². The highest BCUT2D eigenvalue weighted by Crippen LogP contribution is 2.40. The van der Waals surface area contributed by atoms with Crippen LogP contribution in [0.25, 0.3) is 4.96 Å². The van der Waals surface area contributed by atoms with Gasteiger partial charge in [-0.05, 0) is 17.7 Å². The van der Waals surface area contributed by atoms with Crippen LogP contribution in [0.2, 0.25) is 0 Å². The molecule has 0 radical (unpaired) electrons. The lowest BCUT2D eigenvalue weighted by atomic mass is 10.0. The summed E-state index contributed by atoms with van der Waals surface area (Å²) >= 11 is 1.45. The first-order chi connectivity index (χ1) is 13.2. The maximum Gasteiger partial charge on any atom is 0.230 e. The van der Waals surface area contributed by atoms with E-state index in [1.165, 1.54) is 22.2 Å². The van der Waals surface area contributed by atoms with Crippen molar-refractivity contribution < 1.29 is 14.9 Å². The van der Waals surface area contributed by atoms with Crippen molar-refractivity contribution in [1.29, 1.82) is 0 Å².